The number of rotatable bonds is 4. The summed E-state index contributed by atoms with van der Waals surface area (Å²) in [6.07, 6.45) is 0.655. The summed E-state index contributed by atoms with van der Waals surface area (Å²) in [5, 5.41) is 11.6. The Morgan fingerprint density at radius 1 is 1.24 bits per heavy atom. The third kappa shape index (κ3) is 2.56. The molecule has 1 atom stereocenters. The molecule has 1 aromatic carbocycles. The van der Waals surface area contributed by atoms with Crippen molar-refractivity contribution in [1.82, 2.24) is 0 Å². The first-order valence-corrected chi connectivity index (χ1v) is 6.42. The molecule has 0 bridgehead atoms. The molecule has 1 unspecified atom stereocenters. The van der Waals surface area contributed by atoms with Gasteiger partial charge < -0.3 is 5.11 Å². The maximum atomic E-state index is 13.8. The van der Waals surface area contributed by atoms with Crippen molar-refractivity contribution in [3.05, 3.63) is 58.0 Å². The van der Waals surface area contributed by atoms with Crippen LogP contribution in [0.4, 0.5) is 4.39 Å². The second kappa shape index (κ2) is 4.98. The lowest BCUT2D eigenvalue weighted by Gasteiger charge is -2.27. The van der Waals surface area contributed by atoms with Crippen LogP contribution in [0.25, 0.3) is 0 Å². The molecule has 0 aliphatic rings. The van der Waals surface area contributed by atoms with Crippen LogP contribution >= 0.6 is 11.3 Å². The van der Waals surface area contributed by atoms with Gasteiger partial charge in [-0.05, 0) is 29.5 Å². The van der Waals surface area contributed by atoms with E-state index < -0.39 is 5.41 Å². The van der Waals surface area contributed by atoms with Gasteiger partial charge in [0, 0.05) is 10.3 Å². The number of aliphatic hydroxyl groups is 1. The Labute approximate surface area is 105 Å². The molecule has 0 fully saturated rings. The van der Waals surface area contributed by atoms with E-state index in [1.165, 1.54) is 6.07 Å². The van der Waals surface area contributed by atoms with Crippen molar-refractivity contribution in [2.45, 2.75) is 18.8 Å². The first-order chi connectivity index (χ1) is 8.15. The first kappa shape index (κ1) is 12.3. The fraction of sp³-hybridized carbons (Fsp3) is 0.286. The molecule has 90 valence electrons. The molecular weight excluding hydrogens is 235 g/mol. The smallest absolute Gasteiger partial charge is 0.127 e. The number of halogens is 1. The summed E-state index contributed by atoms with van der Waals surface area (Å²) in [5.74, 6) is -0.249. The summed E-state index contributed by atoms with van der Waals surface area (Å²) < 4.78 is 13.8. The van der Waals surface area contributed by atoms with Gasteiger partial charge in [-0.3, -0.25) is 0 Å². The minimum Gasteiger partial charge on any atom is -0.395 e. The standard InChI is InChI=1S/C14H15FOS/c1-14(10-16,9-11-5-4-8-17-11)12-6-2-3-7-13(12)15/h2-8,16H,9-10H2,1H3. The Bertz CT molecular complexity index is 481. The Kier molecular flexibility index (Phi) is 3.60. The Morgan fingerprint density at radius 2 is 2.00 bits per heavy atom. The largest absolute Gasteiger partial charge is 0.395 e. The topological polar surface area (TPSA) is 20.2 Å². The molecule has 1 heterocycles. The van der Waals surface area contributed by atoms with Crippen molar-refractivity contribution >= 4 is 11.3 Å². The summed E-state index contributed by atoms with van der Waals surface area (Å²) in [5.41, 5.74) is 0.0202. The molecule has 0 radical (unpaired) electrons. The lowest BCUT2D eigenvalue weighted by Crippen LogP contribution is -2.30. The maximum absolute atomic E-state index is 13.8. The summed E-state index contributed by atoms with van der Waals surface area (Å²) in [7, 11) is 0. The van der Waals surface area contributed by atoms with E-state index in [-0.39, 0.29) is 12.4 Å². The zero-order valence-corrected chi connectivity index (χ0v) is 10.5. The lowest BCUT2D eigenvalue weighted by atomic mass is 9.79. The van der Waals surface area contributed by atoms with E-state index >= 15 is 0 Å². The van der Waals surface area contributed by atoms with Crippen molar-refractivity contribution in [1.29, 1.82) is 0 Å². The molecule has 2 aromatic rings. The molecule has 0 saturated heterocycles. The van der Waals surface area contributed by atoms with Gasteiger partial charge in [-0.15, -0.1) is 11.3 Å². The second-order valence-electron chi connectivity index (χ2n) is 4.45. The van der Waals surface area contributed by atoms with Gasteiger partial charge >= 0.3 is 0 Å². The van der Waals surface area contributed by atoms with Crippen LogP contribution in [0.2, 0.25) is 0 Å². The van der Waals surface area contributed by atoms with Crippen molar-refractivity contribution in [2.75, 3.05) is 6.61 Å². The minimum atomic E-state index is -0.559. The normalized spacial score (nSPS) is 14.5. The molecule has 0 aliphatic heterocycles. The van der Waals surface area contributed by atoms with Gasteiger partial charge in [-0.25, -0.2) is 4.39 Å². The van der Waals surface area contributed by atoms with Gasteiger partial charge in [-0.2, -0.15) is 0 Å². The monoisotopic (exact) mass is 250 g/mol. The number of thiophene rings is 1. The van der Waals surface area contributed by atoms with Crippen LogP contribution in [-0.2, 0) is 11.8 Å². The maximum Gasteiger partial charge on any atom is 0.127 e. The molecule has 2 rings (SSSR count). The quantitative estimate of drug-likeness (QED) is 0.882. The lowest BCUT2D eigenvalue weighted by molar-refractivity contribution is 0.201. The van der Waals surface area contributed by atoms with Crippen LogP contribution in [0, 0.1) is 5.82 Å². The first-order valence-electron chi connectivity index (χ1n) is 5.54. The molecule has 0 saturated carbocycles. The summed E-state index contributed by atoms with van der Waals surface area (Å²) in [6.45, 7) is 1.83. The SMILES string of the molecule is CC(CO)(Cc1cccs1)c1ccccc1F. The van der Waals surface area contributed by atoms with Crippen LogP contribution in [0.1, 0.15) is 17.4 Å². The average Bonchev–Trinajstić information content (AvgIpc) is 2.82. The zero-order valence-electron chi connectivity index (χ0n) is 9.69. The van der Waals surface area contributed by atoms with Crippen LogP contribution in [0.5, 0.6) is 0 Å². The Balaban J connectivity index is 2.34. The van der Waals surface area contributed by atoms with E-state index in [1.54, 1.807) is 29.5 Å². The molecular formula is C14H15FOS. The third-order valence-corrected chi connectivity index (χ3v) is 3.89. The highest BCUT2D eigenvalue weighted by Gasteiger charge is 2.29. The fourth-order valence-electron chi connectivity index (χ4n) is 1.98. The van der Waals surface area contributed by atoms with Crippen LogP contribution in [-0.4, -0.2) is 11.7 Å². The predicted octanol–water partition coefficient (Wildman–Crippen LogP) is 3.38. The van der Waals surface area contributed by atoms with Gasteiger partial charge in [0.25, 0.3) is 0 Å². The van der Waals surface area contributed by atoms with Crippen LogP contribution < -0.4 is 0 Å². The molecule has 0 aliphatic carbocycles. The average molecular weight is 250 g/mol. The summed E-state index contributed by atoms with van der Waals surface area (Å²) >= 11 is 1.63. The van der Waals surface area contributed by atoms with E-state index in [0.29, 0.717) is 12.0 Å². The molecule has 17 heavy (non-hydrogen) atoms. The van der Waals surface area contributed by atoms with E-state index in [1.807, 2.05) is 24.4 Å². The molecule has 0 amide bonds. The van der Waals surface area contributed by atoms with Gasteiger partial charge in [0.1, 0.15) is 5.82 Å². The van der Waals surface area contributed by atoms with Crippen molar-refractivity contribution in [3.8, 4) is 0 Å². The van der Waals surface area contributed by atoms with E-state index in [9.17, 15) is 9.50 Å². The molecule has 1 aromatic heterocycles. The second-order valence-corrected chi connectivity index (χ2v) is 5.49. The Hall–Kier alpha value is -1.19. The van der Waals surface area contributed by atoms with Gasteiger partial charge in [0.15, 0.2) is 0 Å². The minimum absolute atomic E-state index is 0.0637. The van der Waals surface area contributed by atoms with Crippen molar-refractivity contribution < 1.29 is 9.50 Å². The van der Waals surface area contributed by atoms with E-state index in [4.69, 9.17) is 0 Å². The number of aliphatic hydroxyl groups excluding tert-OH is 1. The zero-order chi connectivity index (χ0) is 12.3. The predicted molar refractivity (Wildman–Crippen MR) is 68.9 cm³/mol. The van der Waals surface area contributed by atoms with Gasteiger partial charge in [0.2, 0.25) is 0 Å². The Morgan fingerprint density at radius 3 is 2.59 bits per heavy atom. The van der Waals surface area contributed by atoms with E-state index in [2.05, 4.69) is 0 Å². The molecule has 1 N–H and O–H groups in total. The number of benzene rings is 1. The summed E-state index contributed by atoms with van der Waals surface area (Å²) in [6, 6.07) is 10.7. The highest BCUT2D eigenvalue weighted by molar-refractivity contribution is 7.09. The van der Waals surface area contributed by atoms with Crippen LogP contribution in [0.15, 0.2) is 41.8 Å². The van der Waals surface area contributed by atoms with Gasteiger partial charge in [0.05, 0.1) is 6.61 Å². The number of hydrogen-bond donors (Lipinski definition) is 1. The number of hydrogen-bond acceptors (Lipinski definition) is 2. The third-order valence-electron chi connectivity index (χ3n) is 3.02. The fourth-order valence-corrected chi connectivity index (χ4v) is 2.88. The highest BCUT2D eigenvalue weighted by Crippen LogP contribution is 2.31. The van der Waals surface area contributed by atoms with E-state index in [0.717, 1.165) is 4.88 Å². The molecule has 1 nitrogen and oxygen atoms in total. The summed E-state index contributed by atoms with van der Waals surface area (Å²) in [4.78, 5) is 1.16. The van der Waals surface area contributed by atoms with Crippen LogP contribution in [0.3, 0.4) is 0 Å². The highest BCUT2D eigenvalue weighted by atomic mass is 32.1. The van der Waals surface area contributed by atoms with Crippen molar-refractivity contribution in [3.63, 3.8) is 0 Å². The molecule has 0 spiro atoms. The molecule has 3 heteroatoms. The van der Waals surface area contributed by atoms with Gasteiger partial charge in [-0.1, -0.05) is 31.2 Å². The van der Waals surface area contributed by atoms with Crippen molar-refractivity contribution in [2.24, 2.45) is 0 Å².